The summed E-state index contributed by atoms with van der Waals surface area (Å²) in [6, 6.07) is 14.8. The van der Waals surface area contributed by atoms with Crippen molar-refractivity contribution in [3.63, 3.8) is 0 Å². The third kappa shape index (κ3) is 3.92. The summed E-state index contributed by atoms with van der Waals surface area (Å²) in [6.45, 7) is 2.72. The van der Waals surface area contributed by atoms with E-state index in [1.165, 1.54) is 0 Å². The standard InChI is InChI=1S/C19H21N3O3/c1-12(17-10-14-4-3-5-16(24-2)18(14)25-17)21-11-13-6-8-15(9-7-13)22-19(20)23/h3-10,12,21H,11H2,1-2H3,(H3,20,22,23). The Bertz CT molecular complexity index is 871. The first kappa shape index (κ1) is 16.9. The van der Waals surface area contributed by atoms with E-state index in [2.05, 4.69) is 10.6 Å². The van der Waals surface area contributed by atoms with E-state index in [1.54, 1.807) is 7.11 Å². The molecule has 0 saturated carbocycles. The van der Waals surface area contributed by atoms with Gasteiger partial charge in [-0.1, -0.05) is 24.3 Å². The third-order valence-electron chi connectivity index (χ3n) is 4.01. The van der Waals surface area contributed by atoms with Gasteiger partial charge in [0.05, 0.1) is 13.2 Å². The van der Waals surface area contributed by atoms with E-state index >= 15 is 0 Å². The number of fused-ring (bicyclic) bond motifs is 1. The van der Waals surface area contributed by atoms with Crippen molar-refractivity contribution in [1.82, 2.24) is 5.32 Å². The summed E-state index contributed by atoms with van der Waals surface area (Å²) in [5.41, 5.74) is 7.62. The number of methoxy groups -OCH3 is 1. The Morgan fingerprint density at radius 1 is 1.24 bits per heavy atom. The molecule has 4 N–H and O–H groups in total. The van der Waals surface area contributed by atoms with Crippen LogP contribution in [0, 0.1) is 0 Å². The molecule has 2 amide bonds. The van der Waals surface area contributed by atoms with Gasteiger partial charge in [0.2, 0.25) is 0 Å². The van der Waals surface area contributed by atoms with Crippen molar-refractivity contribution in [3.05, 3.63) is 59.9 Å². The molecule has 2 aromatic carbocycles. The summed E-state index contributed by atoms with van der Waals surface area (Å²) in [6.07, 6.45) is 0. The molecule has 3 aromatic rings. The lowest BCUT2D eigenvalue weighted by molar-refractivity contribution is 0.259. The number of nitrogens with two attached hydrogens (primary N) is 1. The Labute approximate surface area is 146 Å². The quantitative estimate of drug-likeness (QED) is 0.637. The molecule has 25 heavy (non-hydrogen) atoms. The lowest BCUT2D eigenvalue weighted by atomic mass is 10.1. The van der Waals surface area contributed by atoms with Gasteiger partial charge < -0.3 is 25.5 Å². The summed E-state index contributed by atoms with van der Waals surface area (Å²) in [7, 11) is 1.63. The lowest BCUT2D eigenvalue weighted by Crippen LogP contribution is -2.19. The maximum Gasteiger partial charge on any atom is 0.316 e. The van der Waals surface area contributed by atoms with Gasteiger partial charge in [0.15, 0.2) is 11.3 Å². The van der Waals surface area contributed by atoms with Crippen LogP contribution < -0.4 is 21.1 Å². The minimum atomic E-state index is -0.570. The molecule has 1 unspecified atom stereocenters. The number of para-hydroxylation sites is 1. The topological polar surface area (TPSA) is 89.5 Å². The first-order chi connectivity index (χ1) is 12.1. The number of rotatable bonds is 6. The third-order valence-corrected chi connectivity index (χ3v) is 4.01. The number of benzene rings is 2. The minimum Gasteiger partial charge on any atom is -0.493 e. The van der Waals surface area contributed by atoms with Gasteiger partial charge in [-0.3, -0.25) is 0 Å². The summed E-state index contributed by atoms with van der Waals surface area (Å²) >= 11 is 0. The second-order valence-corrected chi connectivity index (χ2v) is 5.82. The van der Waals surface area contributed by atoms with Gasteiger partial charge in [0.1, 0.15) is 5.76 Å². The van der Waals surface area contributed by atoms with Gasteiger partial charge in [0, 0.05) is 17.6 Å². The van der Waals surface area contributed by atoms with Gasteiger partial charge in [-0.2, -0.15) is 0 Å². The average Bonchev–Trinajstić information content (AvgIpc) is 3.04. The maximum absolute atomic E-state index is 10.8. The van der Waals surface area contributed by atoms with Gasteiger partial charge in [-0.05, 0) is 36.8 Å². The molecule has 0 aliphatic rings. The Hall–Kier alpha value is -2.99. The van der Waals surface area contributed by atoms with Crippen molar-refractivity contribution in [1.29, 1.82) is 0 Å². The van der Waals surface area contributed by atoms with E-state index in [-0.39, 0.29) is 6.04 Å². The smallest absolute Gasteiger partial charge is 0.316 e. The molecule has 1 heterocycles. The zero-order valence-electron chi connectivity index (χ0n) is 14.2. The lowest BCUT2D eigenvalue weighted by Gasteiger charge is -2.11. The molecular formula is C19H21N3O3. The highest BCUT2D eigenvalue weighted by Gasteiger charge is 2.13. The monoisotopic (exact) mass is 339 g/mol. The highest BCUT2D eigenvalue weighted by Crippen LogP contribution is 2.30. The van der Waals surface area contributed by atoms with Crippen LogP contribution in [-0.2, 0) is 6.54 Å². The average molecular weight is 339 g/mol. The SMILES string of the molecule is COc1cccc2cc(C(C)NCc3ccc(NC(N)=O)cc3)oc12. The number of ether oxygens (including phenoxy) is 1. The fraction of sp³-hybridized carbons (Fsp3) is 0.211. The number of urea groups is 1. The summed E-state index contributed by atoms with van der Waals surface area (Å²) in [5.74, 6) is 1.58. The number of carbonyl (C=O) groups is 1. The number of furan rings is 1. The Morgan fingerprint density at radius 2 is 2.00 bits per heavy atom. The fourth-order valence-corrected chi connectivity index (χ4v) is 2.65. The first-order valence-electron chi connectivity index (χ1n) is 8.02. The molecule has 0 fully saturated rings. The normalized spacial score (nSPS) is 12.1. The number of hydrogen-bond acceptors (Lipinski definition) is 4. The van der Waals surface area contributed by atoms with Crippen LogP contribution in [0.3, 0.4) is 0 Å². The highest BCUT2D eigenvalue weighted by atomic mass is 16.5. The summed E-state index contributed by atoms with van der Waals surface area (Å²) < 4.78 is 11.3. The molecule has 130 valence electrons. The zero-order chi connectivity index (χ0) is 17.8. The number of hydrogen-bond donors (Lipinski definition) is 3. The van der Waals surface area contributed by atoms with E-state index < -0.39 is 6.03 Å². The predicted molar refractivity (Wildman–Crippen MR) is 97.7 cm³/mol. The first-order valence-corrected chi connectivity index (χ1v) is 8.02. The van der Waals surface area contributed by atoms with Crippen LogP contribution in [-0.4, -0.2) is 13.1 Å². The molecule has 1 aromatic heterocycles. The van der Waals surface area contributed by atoms with Crippen LogP contribution in [0.4, 0.5) is 10.5 Å². The predicted octanol–water partition coefficient (Wildman–Crippen LogP) is 3.78. The van der Waals surface area contributed by atoms with Crippen LogP contribution in [0.1, 0.15) is 24.3 Å². The number of anilines is 1. The fourth-order valence-electron chi connectivity index (χ4n) is 2.65. The van der Waals surface area contributed by atoms with E-state index in [9.17, 15) is 4.79 Å². The molecule has 0 radical (unpaired) electrons. The molecule has 0 aliphatic heterocycles. The van der Waals surface area contributed by atoms with Crippen LogP contribution >= 0.6 is 0 Å². The van der Waals surface area contributed by atoms with Crippen molar-refractivity contribution in [2.45, 2.75) is 19.5 Å². The molecule has 0 spiro atoms. The van der Waals surface area contributed by atoms with Crippen LogP contribution in [0.2, 0.25) is 0 Å². The van der Waals surface area contributed by atoms with Gasteiger partial charge >= 0.3 is 6.03 Å². The Morgan fingerprint density at radius 3 is 2.68 bits per heavy atom. The Balaban J connectivity index is 1.66. The van der Waals surface area contributed by atoms with Crippen LogP contribution in [0.15, 0.2) is 52.9 Å². The van der Waals surface area contributed by atoms with Crippen LogP contribution in [0.25, 0.3) is 11.0 Å². The van der Waals surface area contributed by atoms with Crippen molar-refractivity contribution < 1.29 is 13.9 Å². The van der Waals surface area contributed by atoms with E-state index in [1.807, 2.05) is 55.5 Å². The minimum absolute atomic E-state index is 0.0422. The molecule has 6 heteroatoms. The zero-order valence-corrected chi connectivity index (χ0v) is 14.2. The molecule has 6 nitrogen and oxygen atoms in total. The van der Waals surface area contributed by atoms with Gasteiger partial charge in [-0.15, -0.1) is 0 Å². The largest absolute Gasteiger partial charge is 0.493 e. The highest BCUT2D eigenvalue weighted by molar-refractivity contribution is 5.87. The van der Waals surface area contributed by atoms with Crippen molar-refractivity contribution in [2.75, 3.05) is 12.4 Å². The number of amides is 2. The second-order valence-electron chi connectivity index (χ2n) is 5.82. The second kappa shape index (κ2) is 7.27. The number of nitrogens with one attached hydrogen (secondary N) is 2. The van der Waals surface area contributed by atoms with Gasteiger partial charge in [-0.25, -0.2) is 4.79 Å². The molecule has 0 aliphatic carbocycles. The molecule has 0 bridgehead atoms. The summed E-state index contributed by atoms with van der Waals surface area (Å²) in [4.78, 5) is 10.8. The maximum atomic E-state index is 10.8. The van der Waals surface area contributed by atoms with E-state index in [0.717, 1.165) is 28.0 Å². The molecule has 3 rings (SSSR count). The molecule has 1 atom stereocenters. The molecular weight excluding hydrogens is 318 g/mol. The van der Waals surface area contributed by atoms with Crippen molar-refractivity contribution >= 4 is 22.7 Å². The number of primary amides is 1. The van der Waals surface area contributed by atoms with E-state index in [4.69, 9.17) is 14.9 Å². The van der Waals surface area contributed by atoms with E-state index in [0.29, 0.717) is 12.2 Å². The van der Waals surface area contributed by atoms with Gasteiger partial charge in [0.25, 0.3) is 0 Å². The van der Waals surface area contributed by atoms with Crippen LogP contribution in [0.5, 0.6) is 5.75 Å². The van der Waals surface area contributed by atoms with Crippen molar-refractivity contribution in [2.24, 2.45) is 5.73 Å². The molecule has 0 saturated heterocycles. The summed E-state index contributed by atoms with van der Waals surface area (Å²) in [5, 5.41) is 6.99. The van der Waals surface area contributed by atoms with Crippen molar-refractivity contribution in [3.8, 4) is 5.75 Å². The Kier molecular flexibility index (Phi) is 4.90. The number of carbonyl (C=O) groups excluding carboxylic acids is 1.